The third kappa shape index (κ3) is 8.26. The van der Waals surface area contributed by atoms with E-state index in [9.17, 15) is 39.3 Å². The summed E-state index contributed by atoms with van der Waals surface area (Å²) in [6, 6.07) is -6.49. The first-order chi connectivity index (χ1) is 12.9. The Bertz CT molecular complexity index is 597. The number of aliphatic hydroxyl groups excluding tert-OH is 3. The normalized spacial score (nSPS) is 16.0. The van der Waals surface area contributed by atoms with Gasteiger partial charge in [-0.05, 0) is 6.92 Å². The van der Waals surface area contributed by atoms with E-state index in [1.54, 1.807) is 0 Å². The van der Waals surface area contributed by atoms with E-state index < -0.39 is 79.6 Å². The van der Waals surface area contributed by atoms with Gasteiger partial charge in [0.2, 0.25) is 17.7 Å². The van der Waals surface area contributed by atoms with Crippen molar-refractivity contribution in [3.8, 4) is 0 Å². The van der Waals surface area contributed by atoms with Gasteiger partial charge in [-0.1, -0.05) is 0 Å². The van der Waals surface area contributed by atoms with E-state index in [4.69, 9.17) is 15.9 Å². The number of carbonyl (C=O) groups excluding carboxylic acids is 3. The fourth-order valence-corrected chi connectivity index (χ4v) is 1.86. The van der Waals surface area contributed by atoms with Crippen molar-refractivity contribution in [2.24, 2.45) is 5.73 Å². The summed E-state index contributed by atoms with van der Waals surface area (Å²) in [7, 11) is 0. The Morgan fingerprint density at radius 2 is 1.29 bits per heavy atom. The van der Waals surface area contributed by atoms with E-state index in [-0.39, 0.29) is 0 Å². The van der Waals surface area contributed by atoms with E-state index >= 15 is 0 Å². The molecule has 10 N–H and O–H groups in total. The molecule has 3 amide bonds. The maximum atomic E-state index is 12.1. The molecule has 0 heterocycles. The minimum atomic E-state index is -1.71. The topological polar surface area (TPSA) is 249 Å². The van der Waals surface area contributed by atoms with Crippen LogP contribution in [-0.4, -0.2) is 98.7 Å². The molecule has 0 aromatic carbocycles. The van der Waals surface area contributed by atoms with Gasteiger partial charge in [0.15, 0.2) is 6.04 Å². The van der Waals surface area contributed by atoms with E-state index in [2.05, 4.69) is 0 Å². The monoisotopic (exact) mass is 408 g/mol. The molecular weight excluding hydrogens is 384 g/mol. The summed E-state index contributed by atoms with van der Waals surface area (Å²) in [6.45, 7) is -0.805. The van der Waals surface area contributed by atoms with Crippen molar-refractivity contribution in [1.82, 2.24) is 16.0 Å². The fourth-order valence-electron chi connectivity index (χ4n) is 1.86. The predicted molar refractivity (Wildman–Crippen MR) is 89.5 cm³/mol. The van der Waals surface area contributed by atoms with Crippen LogP contribution in [0.4, 0.5) is 0 Å². The number of hydrogen-bond acceptors (Lipinski definition) is 9. The lowest BCUT2D eigenvalue weighted by Gasteiger charge is -2.24. The Morgan fingerprint density at radius 1 is 0.857 bits per heavy atom. The summed E-state index contributed by atoms with van der Waals surface area (Å²) >= 11 is 0. The number of aliphatic hydroxyl groups is 3. The van der Waals surface area contributed by atoms with E-state index in [0.717, 1.165) is 6.92 Å². The quantitative estimate of drug-likeness (QED) is 0.147. The SMILES string of the molecule is CC(O)C(NC(=O)C(CO)NC(=O)C(CO)NC(=O)C(N)CC(=O)O)C(=O)O. The number of nitrogens with two attached hydrogens (primary N) is 1. The molecule has 14 heteroatoms. The van der Waals surface area contributed by atoms with Crippen molar-refractivity contribution in [3.63, 3.8) is 0 Å². The molecule has 0 spiro atoms. The zero-order chi connectivity index (χ0) is 22.0. The number of nitrogens with one attached hydrogen (secondary N) is 3. The highest BCUT2D eigenvalue weighted by molar-refractivity contribution is 5.94. The maximum absolute atomic E-state index is 12.1. The smallest absolute Gasteiger partial charge is 0.328 e. The average molecular weight is 408 g/mol. The Morgan fingerprint density at radius 3 is 1.64 bits per heavy atom. The largest absolute Gasteiger partial charge is 0.481 e. The molecule has 0 aliphatic rings. The standard InChI is InChI=1S/C14H24N4O10/c1-5(21)10(14(27)28)18-13(26)8(4-20)17-12(25)7(3-19)16-11(24)6(15)2-9(22)23/h5-8,10,19-21H,2-4,15H2,1H3,(H,16,24)(H,17,25)(H,18,26)(H,22,23)(H,27,28). The van der Waals surface area contributed by atoms with Crippen LogP contribution >= 0.6 is 0 Å². The highest BCUT2D eigenvalue weighted by Gasteiger charge is 2.31. The van der Waals surface area contributed by atoms with Crippen LogP contribution in [0.5, 0.6) is 0 Å². The minimum Gasteiger partial charge on any atom is -0.481 e. The van der Waals surface area contributed by atoms with Crippen molar-refractivity contribution in [3.05, 3.63) is 0 Å². The molecule has 0 aromatic heterocycles. The molecule has 0 radical (unpaired) electrons. The molecule has 0 saturated heterocycles. The maximum Gasteiger partial charge on any atom is 0.328 e. The van der Waals surface area contributed by atoms with Crippen molar-refractivity contribution < 1.29 is 49.5 Å². The molecule has 5 atom stereocenters. The molecule has 28 heavy (non-hydrogen) atoms. The Balaban J connectivity index is 4.99. The van der Waals surface area contributed by atoms with Crippen LogP contribution in [0.1, 0.15) is 13.3 Å². The van der Waals surface area contributed by atoms with Gasteiger partial charge in [0.25, 0.3) is 0 Å². The molecule has 5 unspecified atom stereocenters. The first kappa shape index (κ1) is 25.2. The van der Waals surface area contributed by atoms with Gasteiger partial charge in [-0.15, -0.1) is 0 Å². The molecule has 0 bridgehead atoms. The average Bonchev–Trinajstić information content (AvgIpc) is 2.59. The van der Waals surface area contributed by atoms with Gasteiger partial charge in [-0.2, -0.15) is 0 Å². The zero-order valence-electron chi connectivity index (χ0n) is 14.9. The lowest BCUT2D eigenvalue weighted by molar-refractivity contribution is -0.145. The third-order valence-corrected chi connectivity index (χ3v) is 3.41. The zero-order valence-corrected chi connectivity index (χ0v) is 14.9. The van der Waals surface area contributed by atoms with Crippen molar-refractivity contribution in [2.75, 3.05) is 13.2 Å². The summed E-state index contributed by atoms with van der Waals surface area (Å²) in [4.78, 5) is 57.3. The van der Waals surface area contributed by atoms with Crippen molar-refractivity contribution >= 4 is 29.7 Å². The van der Waals surface area contributed by atoms with Gasteiger partial charge < -0.3 is 47.2 Å². The molecule has 0 aliphatic heterocycles. The number of rotatable bonds is 12. The number of amides is 3. The first-order valence-electron chi connectivity index (χ1n) is 7.95. The highest BCUT2D eigenvalue weighted by Crippen LogP contribution is 1.97. The van der Waals surface area contributed by atoms with Crippen LogP contribution in [0.15, 0.2) is 0 Å². The Hall–Kier alpha value is -2.81. The van der Waals surface area contributed by atoms with Crippen LogP contribution in [0.25, 0.3) is 0 Å². The molecule has 0 aromatic rings. The van der Waals surface area contributed by atoms with Crippen molar-refractivity contribution in [2.45, 2.75) is 43.6 Å². The molecule has 0 saturated carbocycles. The van der Waals surface area contributed by atoms with Gasteiger partial charge >= 0.3 is 11.9 Å². The number of carboxylic acids is 2. The van der Waals surface area contributed by atoms with E-state index in [1.165, 1.54) is 0 Å². The third-order valence-electron chi connectivity index (χ3n) is 3.41. The molecular formula is C14H24N4O10. The summed E-state index contributed by atoms with van der Waals surface area (Å²) < 4.78 is 0. The first-order valence-corrected chi connectivity index (χ1v) is 7.95. The van der Waals surface area contributed by atoms with E-state index in [0.29, 0.717) is 0 Å². The molecule has 160 valence electrons. The van der Waals surface area contributed by atoms with Crippen LogP contribution in [0.2, 0.25) is 0 Å². The second-order valence-electron chi connectivity index (χ2n) is 5.76. The van der Waals surface area contributed by atoms with Crippen LogP contribution in [0, 0.1) is 0 Å². The lowest BCUT2D eigenvalue weighted by atomic mass is 10.1. The predicted octanol–water partition coefficient (Wildman–Crippen LogP) is -5.31. The fraction of sp³-hybridized carbons (Fsp3) is 0.643. The van der Waals surface area contributed by atoms with E-state index in [1.807, 2.05) is 16.0 Å². The summed E-state index contributed by atoms with van der Waals surface area (Å²) in [5, 5.41) is 51.1. The Labute approximate surface area is 158 Å². The molecule has 0 aliphatic carbocycles. The van der Waals surface area contributed by atoms with Crippen LogP contribution in [0.3, 0.4) is 0 Å². The van der Waals surface area contributed by atoms with Gasteiger partial charge in [-0.3, -0.25) is 19.2 Å². The number of hydrogen-bond donors (Lipinski definition) is 9. The number of aliphatic carboxylic acids is 2. The van der Waals surface area contributed by atoms with Gasteiger partial charge in [-0.25, -0.2) is 4.79 Å². The van der Waals surface area contributed by atoms with Crippen LogP contribution in [-0.2, 0) is 24.0 Å². The molecule has 14 nitrogen and oxygen atoms in total. The van der Waals surface area contributed by atoms with Crippen LogP contribution < -0.4 is 21.7 Å². The molecule has 0 fully saturated rings. The minimum absolute atomic E-state index is 0.733. The summed E-state index contributed by atoms with van der Waals surface area (Å²) in [6.07, 6.45) is -2.21. The number of carboxylic acid groups (broad SMARTS) is 2. The van der Waals surface area contributed by atoms with Crippen molar-refractivity contribution in [1.29, 1.82) is 0 Å². The second-order valence-corrected chi connectivity index (χ2v) is 5.76. The van der Waals surface area contributed by atoms with Gasteiger partial charge in [0, 0.05) is 0 Å². The van der Waals surface area contributed by atoms with Gasteiger partial charge in [0.05, 0.1) is 31.8 Å². The highest BCUT2D eigenvalue weighted by atomic mass is 16.4. The summed E-state index contributed by atoms with van der Waals surface area (Å²) in [5.74, 6) is -6.25. The number of carbonyl (C=O) groups is 5. The Kier molecular flexibility index (Phi) is 10.6. The second kappa shape index (κ2) is 11.8. The lowest BCUT2D eigenvalue weighted by Crippen LogP contribution is -2.60. The summed E-state index contributed by atoms with van der Waals surface area (Å²) in [5.41, 5.74) is 5.32. The molecule has 0 rings (SSSR count). The van der Waals surface area contributed by atoms with Gasteiger partial charge in [0.1, 0.15) is 12.1 Å².